The van der Waals surface area contributed by atoms with Crippen LogP contribution in [0.15, 0.2) is 12.3 Å². The lowest BCUT2D eigenvalue weighted by atomic mass is 10.0. The number of rotatable bonds is 6. The number of carbonyl (C=O) groups is 1. The second kappa shape index (κ2) is 6.49. The summed E-state index contributed by atoms with van der Waals surface area (Å²) in [4.78, 5) is 28.1. The van der Waals surface area contributed by atoms with Crippen molar-refractivity contribution in [3.05, 3.63) is 27.9 Å². The molecule has 1 aromatic heterocycles. The van der Waals surface area contributed by atoms with Crippen molar-refractivity contribution in [3.63, 3.8) is 0 Å². The first-order chi connectivity index (χ1) is 9.74. The summed E-state index contributed by atoms with van der Waals surface area (Å²) in [6.07, 6.45) is 1.06. The lowest BCUT2D eigenvalue weighted by Gasteiger charge is -2.33. The van der Waals surface area contributed by atoms with Crippen molar-refractivity contribution in [2.45, 2.75) is 26.3 Å². The quantitative estimate of drug-likeness (QED) is 0.604. The fourth-order valence-electron chi connectivity index (χ4n) is 1.60. The van der Waals surface area contributed by atoms with Crippen LogP contribution in [0, 0.1) is 10.1 Å². The van der Waals surface area contributed by atoms with Crippen LogP contribution in [0.1, 0.15) is 31.1 Å². The Kier molecular flexibility index (Phi) is 5.20. The highest BCUT2D eigenvalue weighted by Crippen LogP contribution is 2.24. The van der Waals surface area contributed by atoms with E-state index in [1.165, 1.54) is 18.0 Å². The lowest BCUT2D eigenvalue weighted by Crippen LogP contribution is -2.47. The summed E-state index contributed by atoms with van der Waals surface area (Å²) in [5.74, 6) is -0.149. The van der Waals surface area contributed by atoms with Crippen molar-refractivity contribution >= 4 is 17.4 Å². The molecular weight excluding hydrogens is 276 g/mol. The van der Waals surface area contributed by atoms with Gasteiger partial charge in [-0.2, -0.15) is 0 Å². The van der Waals surface area contributed by atoms with Crippen LogP contribution in [0.25, 0.3) is 0 Å². The molecule has 8 nitrogen and oxygen atoms in total. The SMILES string of the molecule is CCNc1cc(C(=O)N(C)C(C)(C)CO)c([N+](=O)[O-])cn1. The summed E-state index contributed by atoms with van der Waals surface area (Å²) in [7, 11) is 1.50. The highest BCUT2D eigenvalue weighted by Gasteiger charge is 2.32. The highest BCUT2D eigenvalue weighted by molar-refractivity contribution is 5.99. The number of pyridine rings is 1. The molecule has 0 aromatic carbocycles. The largest absolute Gasteiger partial charge is 0.394 e. The van der Waals surface area contributed by atoms with Gasteiger partial charge in [-0.3, -0.25) is 14.9 Å². The van der Waals surface area contributed by atoms with E-state index in [9.17, 15) is 20.0 Å². The Morgan fingerprint density at radius 1 is 1.57 bits per heavy atom. The number of hydrogen-bond acceptors (Lipinski definition) is 6. The fraction of sp³-hybridized carbons (Fsp3) is 0.538. The number of nitrogens with zero attached hydrogens (tertiary/aromatic N) is 3. The second-order valence-electron chi connectivity index (χ2n) is 5.21. The minimum absolute atomic E-state index is 0.0602. The molecule has 0 spiro atoms. The Bertz CT molecular complexity index is 545. The van der Waals surface area contributed by atoms with Gasteiger partial charge in [0.1, 0.15) is 17.6 Å². The first-order valence-corrected chi connectivity index (χ1v) is 6.52. The molecule has 1 amide bonds. The van der Waals surface area contributed by atoms with Crippen LogP contribution in [0.3, 0.4) is 0 Å². The topological polar surface area (TPSA) is 109 Å². The number of carbonyl (C=O) groups excluding carboxylic acids is 1. The summed E-state index contributed by atoms with van der Waals surface area (Å²) >= 11 is 0. The monoisotopic (exact) mass is 296 g/mol. The number of hydrogen-bond donors (Lipinski definition) is 2. The van der Waals surface area contributed by atoms with Gasteiger partial charge in [-0.1, -0.05) is 0 Å². The van der Waals surface area contributed by atoms with Gasteiger partial charge < -0.3 is 15.3 Å². The number of nitro groups is 1. The third kappa shape index (κ3) is 3.66. The second-order valence-corrected chi connectivity index (χ2v) is 5.21. The van der Waals surface area contributed by atoms with Crippen molar-refractivity contribution < 1.29 is 14.8 Å². The molecule has 8 heteroatoms. The zero-order valence-corrected chi connectivity index (χ0v) is 12.6. The number of aliphatic hydroxyl groups excluding tert-OH is 1. The van der Waals surface area contributed by atoms with Gasteiger partial charge in [0, 0.05) is 19.7 Å². The first kappa shape index (κ1) is 16.8. The predicted molar refractivity (Wildman–Crippen MR) is 78.3 cm³/mol. The van der Waals surface area contributed by atoms with E-state index in [-0.39, 0.29) is 17.9 Å². The number of amides is 1. The van der Waals surface area contributed by atoms with Crippen LogP contribution in [0.5, 0.6) is 0 Å². The standard InChI is InChI=1S/C13H20N4O4/c1-5-14-11-6-9(10(7-15-11)17(20)21)12(19)16(4)13(2,3)8-18/h6-7,18H,5,8H2,1-4H3,(H,14,15). The summed E-state index contributed by atoms with van der Waals surface area (Å²) in [6, 6.07) is 1.36. The first-order valence-electron chi connectivity index (χ1n) is 6.52. The van der Waals surface area contributed by atoms with Gasteiger partial charge in [0.2, 0.25) is 0 Å². The Balaban J connectivity index is 3.28. The maximum absolute atomic E-state index is 12.5. The summed E-state index contributed by atoms with van der Waals surface area (Å²) in [5, 5.41) is 23.3. The summed E-state index contributed by atoms with van der Waals surface area (Å²) in [6.45, 7) is 5.52. The van der Waals surface area contributed by atoms with Crippen LogP contribution in [-0.4, -0.2) is 51.6 Å². The van der Waals surface area contributed by atoms with Crippen molar-refractivity contribution in [3.8, 4) is 0 Å². The third-order valence-electron chi connectivity index (χ3n) is 3.27. The molecule has 0 radical (unpaired) electrons. The van der Waals surface area contributed by atoms with Crippen molar-refractivity contribution in [2.24, 2.45) is 0 Å². The van der Waals surface area contributed by atoms with Gasteiger partial charge in [-0.25, -0.2) is 4.98 Å². The molecule has 1 aromatic rings. The zero-order valence-electron chi connectivity index (χ0n) is 12.6. The predicted octanol–water partition coefficient (Wildman–Crippen LogP) is 1.26. The third-order valence-corrected chi connectivity index (χ3v) is 3.27. The van der Waals surface area contributed by atoms with Crippen LogP contribution in [-0.2, 0) is 0 Å². The molecule has 0 aliphatic carbocycles. The zero-order chi connectivity index (χ0) is 16.2. The van der Waals surface area contributed by atoms with Crippen LogP contribution < -0.4 is 5.32 Å². The smallest absolute Gasteiger partial charge is 0.300 e. The van der Waals surface area contributed by atoms with E-state index in [4.69, 9.17) is 0 Å². The number of aromatic nitrogens is 1. The molecular formula is C13H20N4O4. The van der Waals surface area contributed by atoms with Crippen molar-refractivity contribution in [1.82, 2.24) is 9.88 Å². The molecule has 21 heavy (non-hydrogen) atoms. The number of aliphatic hydroxyl groups is 1. The van der Waals surface area contributed by atoms with E-state index in [0.29, 0.717) is 12.4 Å². The fourth-order valence-corrected chi connectivity index (χ4v) is 1.60. The van der Waals surface area contributed by atoms with E-state index in [0.717, 1.165) is 6.20 Å². The lowest BCUT2D eigenvalue weighted by molar-refractivity contribution is -0.385. The molecule has 0 atom stereocenters. The van der Waals surface area contributed by atoms with Crippen molar-refractivity contribution in [2.75, 3.05) is 25.5 Å². The number of anilines is 1. The van der Waals surface area contributed by atoms with Gasteiger partial charge in [-0.05, 0) is 20.8 Å². The van der Waals surface area contributed by atoms with Gasteiger partial charge in [0.25, 0.3) is 11.6 Å². The maximum atomic E-state index is 12.5. The van der Waals surface area contributed by atoms with Gasteiger partial charge in [0.05, 0.1) is 17.1 Å². The molecule has 0 unspecified atom stereocenters. The molecule has 2 N–H and O–H groups in total. The summed E-state index contributed by atoms with van der Waals surface area (Å²) < 4.78 is 0. The minimum atomic E-state index is -0.827. The van der Waals surface area contributed by atoms with Crippen LogP contribution in [0.2, 0.25) is 0 Å². The molecule has 1 heterocycles. The molecule has 1 rings (SSSR count). The van der Waals surface area contributed by atoms with E-state index in [2.05, 4.69) is 10.3 Å². The Morgan fingerprint density at radius 2 is 2.19 bits per heavy atom. The van der Waals surface area contributed by atoms with E-state index in [1.807, 2.05) is 6.92 Å². The number of nitrogens with one attached hydrogen (secondary N) is 1. The molecule has 0 saturated carbocycles. The average Bonchev–Trinajstić information content (AvgIpc) is 2.45. The molecule has 0 bridgehead atoms. The normalized spacial score (nSPS) is 11.1. The number of likely N-dealkylation sites (N-methyl/N-ethyl adjacent to an activating group) is 1. The molecule has 0 fully saturated rings. The van der Waals surface area contributed by atoms with E-state index in [1.54, 1.807) is 13.8 Å². The minimum Gasteiger partial charge on any atom is -0.394 e. The van der Waals surface area contributed by atoms with Crippen LogP contribution >= 0.6 is 0 Å². The molecule has 0 saturated heterocycles. The maximum Gasteiger partial charge on any atom is 0.300 e. The van der Waals surface area contributed by atoms with Gasteiger partial charge >= 0.3 is 0 Å². The highest BCUT2D eigenvalue weighted by atomic mass is 16.6. The Hall–Kier alpha value is -2.22. The van der Waals surface area contributed by atoms with E-state index < -0.39 is 16.4 Å². The Labute approximate surface area is 122 Å². The average molecular weight is 296 g/mol. The summed E-state index contributed by atoms with van der Waals surface area (Å²) in [5.41, 5.74) is -1.25. The van der Waals surface area contributed by atoms with E-state index >= 15 is 0 Å². The van der Waals surface area contributed by atoms with Gasteiger partial charge in [0.15, 0.2) is 0 Å². The van der Waals surface area contributed by atoms with Crippen molar-refractivity contribution in [1.29, 1.82) is 0 Å². The Morgan fingerprint density at radius 3 is 2.67 bits per heavy atom. The van der Waals surface area contributed by atoms with Gasteiger partial charge in [-0.15, -0.1) is 0 Å². The molecule has 0 aliphatic rings. The molecule has 116 valence electrons. The molecule has 0 aliphatic heterocycles. The van der Waals surface area contributed by atoms with Crippen LogP contribution in [0.4, 0.5) is 11.5 Å².